The Bertz CT molecular complexity index is 819. The maximum Gasteiger partial charge on any atom is 0.283 e. The molecule has 1 N–H and O–H groups in total. The van der Waals surface area contributed by atoms with E-state index in [4.69, 9.17) is 0 Å². The van der Waals surface area contributed by atoms with E-state index in [2.05, 4.69) is 17.2 Å². The molecule has 0 aliphatic heterocycles. The number of carbonyl (C=O) groups excluding carboxylic acids is 1. The molecule has 8 heteroatoms. The van der Waals surface area contributed by atoms with Crippen molar-refractivity contribution in [2.24, 2.45) is 5.92 Å². The fourth-order valence-corrected chi connectivity index (χ4v) is 4.65. The second-order valence-electron chi connectivity index (χ2n) is 6.00. The van der Waals surface area contributed by atoms with Gasteiger partial charge in [0.1, 0.15) is 0 Å². The van der Waals surface area contributed by atoms with Crippen molar-refractivity contribution in [3.8, 4) is 0 Å². The van der Waals surface area contributed by atoms with E-state index in [1.165, 1.54) is 34.0 Å². The SMILES string of the molecule is CCC1CCc2nc(NC(=O)c3ccc(SC)c([N+](=O)[O-])c3)sc2C1. The third-order valence-corrected chi connectivity index (χ3v) is 6.30. The van der Waals surface area contributed by atoms with Gasteiger partial charge in [0, 0.05) is 16.5 Å². The van der Waals surface area contributed by atoms with Crippen molar-refractivity contribution in [1.82, 2.24) is 4.98 Å². The highest BCUT2D eigenvalue weighted by atomic mass is 32.2. The first kappa shape index (κ1) is 17.9. The summed E-state index contributed by atoms with van der Waals surface area (Å²) in [5, 5.41) is 14.5. The van der Waals surface area contributed by atoms with Crippen LogP contribution in [-0.4, -0.2) is 22.1 Å². The number of aromatic nitrogens is 1. The lowest BCUT2D eigenvalue weighted by atomic mass is 9.89. The van der Waals surface area contributed by atoms with Crippen LogP contribution in [0.2, 0.25) is 0 Å². The predicted octanol–water partition coefficient (Wildman–Crippen LogP) is 4.54. The Morgan fingerprint density at radius 3 is 3.00 bits per heavy atom. The molecule has 1 heterocycles. The van der Waals surface area contributed by atoms with Gasteiger partial charge in [0.05, 0.1) is 15.5 Å². The monoisotopic (exact) mass is 377 g/mol. The van der Waals surface area contributed by atoms with Crippen LogP contribution in [0.4, 0.5) is 10.8 Å². The number of nitro groups is 1. The van der Waals surface area contributed by atoms with Crippen LogP contribution >= 0.6 is 23.1 Å². The van der Waals surface area contributed by atoms with E-state index in [-0.39, 0.29) is 17.2 Å². The molecule has 1 unspecified atom stereocenters. The van der Waals surface area contributed by atoms with Crippen LogP contribution in [0.5, 0.6) is 0 Å². The van der Waals surface area contributed by atoms with E-state index in [9.17, 15) is 14.9 Å². The number of hydrogen-bond acceptors (Lipinski definition) is 6. The third-order valence-electron chi connectivity index (χ3n) is 4.48. The van der Waals surface area contributed by atoms with Crippen molar-refractivity contribution < 1.29 is 9.72 Å². The molecule has 6 nitrogen and oxygen atoms in total. The van der Waals surface area contributed by atoms with Gasteiger partial charge in [-0.05, 0) is 43.6 Å². The average molecular weight is 377 g/mol. The number of benzene rings is 1. The van der Waals surface area contributed by atoms with Crippen molar-refractivity contribution in [3.63, 3.8) is 0 Å². The van der Waals surface area contributed by atoms with Gasteiger partial charge in [-0.1, -0.05) is 13.3 Å². The number of thiazole rings is 1. The van der Waals surface area contributed by atoms with E-state index in [0.29, 0.717) is 15.9 Å². The average Bonchev–Trinajstić information content (AvgIpc) is 3.02. The van der Waals surface area contributed by atoms with Crippen molar-refractivity contribution in [3.05, 3.63) is 44.4 Å². The highest BCUT2D eigenvalue weighted by Gasteiger charge is 2.23. The molecule has 0 fully saturated rings. The van der Waals surface area contributed by atoms with Gasteiger partial charge in [0.2, 0.25) is 0 Å². The van der Waals surface area contributed by atoms with Gasteiger partial charge in [-0.2, -0.15) is 0 Å². The molecular formula is C17H19N3O3S2. The first-order chi connectivity index (χ1) is 12.0. The lowest BCUT2D eigenvalue weighted by molar-refractivity contribution is -0.387. The van der Waals surface area contributed by atoms with Crippen LogP contribution in [0.3, 0.4) is 0 Å². The smallest absolute Gasteiger partial charge is 0.283 e. The number of aryl methyl sites for hydroxylation is 1. The molecule has 1 aromatic heterocycles. The molecule has 1 aliphatic rings. The molecular weight excluding hydrogens is 358 g/mol. The normalized spacial score (nSPS) is 16.3. The molecule has 132 valence electrons. The number of anilines is 1. The first-order valence-electron chi connectivity index (χ1n) is 8.14. The molecule has 0 saturated carbocycles. The number of nitrogens with zero attached hydrogens (tertiary/aromatic N) is 2. The fraction of sp³-hybridized carbons (Fsp3) is 0.412. The number of carbonyl (C=O) groups is 1. The zero-order valence-corrected chi connectivity index (χ0v) is 15.7. The topological polar surface area (TPSA) is 85.1 Å². The summed E-state index contributed by atoms with van der Waals surface area (Å²) in [7, 11) is 0. The molecule has 1 aromatic carbocycles. The number of rotatable bonds is 5. The highest BCUT2D eigenvalue weighted by molar-refractivity contribution is 7.98. The quantitative estimate of drug-likeness (QED) is 0.470. The van der Waals surface area contributed by atoms with Crippen molar-refractivity contribution >= 4 is 39.8 Å². The highest BCUT2D eigenvalue weighted by Crippen LogP contribution is 2.34. The number of hydrogen-bond donors (Lipinski definition) is 1. The van der Waals surface area contributed by atoms with E-state index in [1.807, 2.05) is 0 Å². The van der Waals surface area contributed by atoms with Crippen LogP contribution in [0, 0.1) is 16.0 Å². The molecule has 25 heavy (non-hydrogen) atoms. The van der Waals surface area contributed by atoms with Crippen molar-refractivity contribution in [1.29, 1.82) is 0 Å². The van der Waals surface area contributed by atoms with Gasteiger partial charge in [-0.15, -0.1) is 23.1 Å². The molecule has 0 saturated heterocycles. The fourth-order valence-electron chi connectivity index (χ4n) is 2.99. The van der Waals surface area contributed by atoms with Gasteiger partial charge in [-0.3, -0.25) is 20.2 Å². The van der Waals surface area contributed by atoms with E-state index >= 15 is 0 Å². The number of thioether (sulfide) groups is 1. The summed E-state index contributed by atoms with van der Waals surface area (Å²) in [6, 6.07) is 4.53. The molecule has 1 amide bonds. The summed E-state index contributed by atoms with van der Waals surface area (Å²) in [4.78, 5) is 29.5. The minimum Gasteiger partial charge on any atom is -0.298 e. The summed E-state index contributed by atoms with van der Waals surface area (Å²) < 4.78 is 0. The molecule has 0 radical (unpaired) electrons. The zero-order chi connectivity index (χ0) is 18.0. The Morgan fingerprint density at radius 2 is 2.32 bits per heavy atom. The van der Waals surface area contributed by atoms with Crippen molar-refractivity contribution in [2.75, 3.05) is 11.6 Å². The Balaban J connectivity index is 1.78. The van der Waals surface area contributed by atoms with Gasteiger partial charge in [0.15, 0.2) is 5.13 Å². The van der Waals surface area contributed by atoms with Gasteiger partial charge < -0.3 is 0 Å². The van der Waals surface area contributed by atoms with E-state index < -0.39 is 4.92 Å². The molecule has 1 atom stereocenters. The van der Waals surface area contributed by atoms with Gasteiger partial charge in [0.25, 0.3) is 11.6 Å². The minimum absolute atomic E-state index is 0.0515. The number of nitro benzene ring substituents is 1. The summed E-state index contributed by atoms with van der Waals surface area (Å²) in [5.74, 6) is 0.326. The Kier molecular flexibility index (Phi) is 5.39. The van der Waals surface area contributed by atoms with Crippen LogP contribution in [-0.2, 0) is 12.8 Å². The molecule has 2 aromatic rings. The molecule has 3 rings (SSSR count). The summed E-state index contributed by atoms with van der Waals surface area (Å²) in [5.41, 5.74) is 1.29. The molecule has 1 aliphatic carbocycles. The van der Waals surface area contributed by atoms with Crippen LogP contribution < -0.4 is 5.32 Å². The van der Waals surface area contributed by atoms with Crippen LogP contribution in [0.25, 0.3) is 0 Å². The van der Waals surface area contributed by atoms with Gasteiger partial charge >= 0.3 is 0 Å². The second kappa shape index (κ2) is 7.53. The Hall–Kier alpha value is -1.93. The van der Waals surface area contributed by atoms with E-state index in [0.717, 1.165) is 31.4 Å². The number of nitrogens with one attached hydrogen (secondary N) is 1. The van der Waals surface area contributed by atoms with Gasteiger partial charge in [-0.25, -0.2) is 4.98 Å². The third kappa shape index (κ3) is 3.85. The second-order valence-corrected chi connectivity index (χ2v) is 7.94. The largest absolute Gasteiger partial charge is 0.298 e. The van der Waals surface area contributed by atoms with Crippen LogP contribution in [0.15, 0.2) is 23.1 Å². The van der Waals surface area contributed by atoms with Crippen molar-refractivity contribution in [2.45, 2.75) is 37.5 Å². The first-order valence-corrected chi connectivity index (χ1v) is 10.2. The summed E-state index contributed by atoms with van der Waals surface area (Å²) in [6.45, 7) is 2.20. The molecule has 0 bridgehead atoms. The predicted molar refractivity (Wildman–Crippen MR) is 101 cm³/mol. The number of fused-ring (bicyclic) bond motifs is 1. The maximum absolute atomic E-state index is 12.4. The minimum atomic E-state index is -0.463. The standard InChI is InChI=1S/C17H19N3O3S2/c1-3-10-4-6-12-15(8-10)25-17(18-12)19-16(21)11-5-7-14(24-2)13(9-11)20(22)23/h5,7,9-10H,3-4,6,8H2,1-2H3,(H,18,19,21). The lowest BCUT2D eigenvalue weighted by Gasteiger charge is -2.18. The summed E-state index contributed by atoms with van der Waals surface area (Å²) >= 11 is 2.80. The Labute approximate surface area is 154 Å². The lowest BCUT2D eigenvalue weighted by Crippen LogP contribution is -2.13. The summed E-state index contributed by atoms with van der Waals surface area (Å²) in [6.07, 6.45) is 6.04. The maximum atomic E-state index is 12.4. The Morgan fingerprint density at radius 1 is 1.52 bits per heavy atom. The van der Waals surface area contributed by atoms with E-state index in [1.54, 1.807) is 18.4 Å². The van der Waals surface area contributed by atoms with Crippen LogP contribution in [0.1, 0.15) is 40.7 Å². The number of amides is 1. The zero-order valence-electron chi connectivity index (χ0n) is 14.1. The molecule has 0 spiro atoms.